The van der Waals surface area contributed by atoms with Crippen molar-refractivity contribution in [2.24, 2.45) is 0 Å². The Morgan fingerprint density at radius 1 is 1.56 bits per heavy atom. The van der Waals surface area contributed by atoms with Gasteiger partial charge in [-0.15, -0.1) is 11.3 Å². The van der Waals surface area contributed by atoms with Crippen molar-refractivity contribution in [3.8, 4) is 0 Å². The first kappa shape index (κ1) is 13.7. The number of aryl methyl sites for hydroxylation is 1. The molecule has 9 heteroatoms. The predicted molar refractivity (Wildman–Crippen MR) is 69.9 cm³/mol. The summed E-state index contributed by atoms with van der Waals surface area (Å²) in [6, 6.07) is 1.63. The zero-order valence-electron chi connectivity index (χ0n) is 9.38. The molecule has 0 saturated carbocycles. The zero-order chi connectivity index (χ0) is 13.2. The first-order valence-corrected chi connectivity index (χ1v) is 8.09. The van der Waals surface area contributed by atoms with Crippen LogP contribution in [0.15, 0.2) is 24.9 Å². The molecule has 0 aromatic carbocycles. The van der Waals surface area contributed by atoms with Crippen molar-refractivity contribution in [2.75, 3.05) is 6.54 Å². The minimum atomic E-state index is -3.47. The van der Waals surface area contributed by atoms with Crippen LogP contribution in [0.1, 0.15) is 11.5 Å². The standard InChI is InChI=1S/C9H10BrN3O3S2/c1-6-4-8(17-9(6)10)18(14,15)13-3-2-7-11-5-12-16-7/h4-5,13H,2-3H2,1H3. The molecule has 0 saturated heterocycles. The number of rotatable bonds is 5. The summed E-state index contributed by atoms with van der Waals surface area (Å²) in [5, 5.41) is 3.44. The van der Waals surface area contributed by atoms with Crippen molar-refractivity contribution in [1.29, 1.82) is 0 Å². The van der Waals surface area contributed by atoms with Crippen molar-refractivity contribution >= 4 is 37.3 Å². The first-order chi connectivity index (χ1) is 8.49. The van der Waals surface area contributed by atoms with Gasteiger partial charge in [-0.1, -0.05) is 5.16 Å². The maximum atomic E-state index is 11.9. The van der Waals surface area contributed by atoms with Crippen LogP contribution in [-0.2, 0) is 16.4 Å². The number of aromatic nitrogens is 2. The van der Waals surface area contributed by atoms with Crippen LogP contribution < -0.4 is 4.72 Å². The van der Waals surface area contributed by atoms with Crippen LogP contribution in [0.3, 0.4) is 0 Å². The highest BCUT2D eigenvalue weighted by Crippen LogP contribution is 2.30. The molecule has 0 amide bonds. The number of nitrogens with one attached hydrogen (secondary N) is 1. The molecule has 2 rings (SSSR count). The van der Waals surface area contributed by atoms with Gasteiger partial charge in [0, 0.05) is 13.0 Å². The van der Waals surface area contributed by atoms with Gasteiger partial charge in [-0.3, -0.25) is 0 Å². The number of hydrogen-bond donors (Lipinski definition) is 1. The second kappa shape index (κ2) is 5.47. The van der Waals surface area contributed by atoms with Crippen LogP contribution in [0.5, 0.6) is 0 Å². The lowest BCUT2D eigenvalue weighted by atomic mass is 10.4. The molecule has 6 nitrogen and oxygen atoms in total. The molecule has 0 aliphatic heterocycles. The molecule has 2 heterocycles. The molecule has 2 aromatic heterocycles. The molecule has 0 spiro atoms. The van der Waals surface area contributed by atoms with Gasteiger partial charge < -0.3 is 4.52 Å². The van der Waals surface area contributed by atoms with Crippen LogP contribution in [-0.4, -0.2) is 25.1 Å². The Kier molecular flexibility index (Phi) is 4.15. The summed E-state index contributed by atoms with van der Waals surface area (Å²) < 4.78 is 32.2. The van der Waals surface area contributed by atoms with Gasteiger partial charge in [-0.2, -0.15) is 4.98 Å². The van der Waals surface area contributed by atoms with E-state index in [1.54, 1.807) is 6.07 Å². The van der Waals surface area contributed by atoms with E-state index in [0.29, 0.717) is 12.3 Å². The number of sulfonamides is 1. The Hall–Kier alpha value is -0.770. The average Bonchev–Trinajstić information content (AvgIpc) is 2.90. The fourth-order valence-electron chi connectivity index (χ4n) is 1.23. The molecule has 0 aliphatic carbocycles. The Labute approximate surface area is 117 Å². The van der Waals surface area contributed by atoms with E-state index >= 15 is 0 Å². The van der Waals surface area contributed by atoms with Crippen molar-refractivity contribution in [3.05, 3.63) is 27.6 Å². The van der Waals surface area contributed by atoms with E-state index in [2.05, 4.69) is 30.8 Å². The lowest BCUT2D eigenvalue weighted by Crippen LogP contribution is -2.25. The van der Waals surface area contributed by atoms with Gasteiger partial charge in [0.1, 0.15) is 4.21 Å². The quantitative estimate of drug-likeness (QED) is 0.886. The Morgan fingerprint density at radius 2 is 2.33 bits per heavy atom. The molecule has 18 heavy (non-hydrogen) atoms. The predicted octanol–water partition coefficient (Wildman–Crippen LogP) is 1.72. The molecule has 0 radical (unpaired) electrons. The Balaban J connectivity index is 1.99. The number of thiophene rings is 1. The molecular weight excluding hydrogens is 342 g/mol. The molecule has 0 atom stereocenters. The molecule has 0 unspecified atom stereocenters. The van der Waals surface area contributed by atoms with E-state index in [9.17, 15) is 8.42 Å². The lowest BCUT2D eigenvalue weighted by molar-refractivity contribution is 0.377. The normalized spacial score (nSPS) is 11.9. The third-order valence-electron chi connectivity index (χ3n) is 2.14. The molecule has 0 aliphatic rings. The van der Waals surface area contributed by atoms with Gasteiger partial charge in [-0.05, 0) is 34.5 Å². The highest BCUT2D eigenvalue weighted by Gasteiger charge is 2.17. The van der Waals surface area contributed by atoms with E-state index in [1.165, 1.54) is 17.7 Å². The van der Waals surface area contributed by atoms with E-state index in [1.807, 2.05) is 6.92 Å². The van der Waals surface area contributed by atoms with Crippen molar-refractivity contribution in [3.63, 3.8) is 0 Å². The van der Waals surface area contributed by atoms with E-state index < -0.39 is 10.0 Å². The molecule has 1 N–H and O–H groups in total. The number of hydrogen-bond acceptors (Lipinski definition) is 6. The molecular formula is C9H10BrN3O3S2. The minimum absolute atomic E-state index is 0.221. The van der Waals surface area contributed by atoms with Crippen LogP contribution in [0.2, 0.25) is 0 Å². The Bertz CT molecular complexity index is 602. The summed E-state index contributed by atoms with van der Waals surface area (Å²) >= 11 is 4.49. The van der Waals surface area contributed by atoms with Crippen LogP contribution in [0.4, 0.5) is 0 Å². The lowest BCUT2D eigenvalue weighted by Gasteiger charge is -2.02. The maximum Gasteiger partial charge on any atom is 0.250 e. The first-order valence-electron chi connectivity index (χ1n) is 5.00. The zero-order valence-corrected chi connectivity index (χ0v) is 12.6. The monoisotopic (exact) mass is 351 g/mol. The minimum Gasteiger partial charge on any atom is -0.340 e. The van der Waals surface area contributed by atoms with Crippen molar-refractivity contribution < 1.29 is 12.9 Å². The van der Waals surface area contributed by atoms with Crippen LogP contribution in [0, 0.1) is 6.92 Å². The molecule has 0 fully saturated rings. The van der Waals surface area contributed by atoms with E-state index in [0.717, 1.165) is 9.35 Å². The third kappa shape index (κ3) is 3.16. The average molecular weight is 352 g/mol. The summed E-state index contributed by atoms with van der Waals surface area (Å²) in [4.78, 5) is 3.81. The number of nitrogens with zero attached hydrogens (tertiary/aromatic N) is 2. The van der Waals surface area contributed by atoms with Gasteiger partial charge >= 0.3 is 0 Å². The van der Waals surface area contributed by atoms with Crippen molar-refractivity contribution in [1.82, 2.24) is 14.9 Å². The van der Waals surface area contributed by atoms with Crippen molar-refractivity contribution in [2.45, 2.75) is 17.6 Å². The summed E-state index contributed by atoms with van der Waals surface area (Å²) in [7, 11) is -3.47. The smallest absolute Gasteiger partial charge is 0.250 e. The molecule has 98 valence electrons. The Morgan fingerprint density at radius 3 is 2.89 bits per heavy atom. The summed E-state index contributed by atoms with van der Waals surface area (Å²) in [6.45, 7) is 2.07. The summed E-state index contributed by atoms with van der Waals surface area (Å²) in [6.07, 6.45) is 1.65. The molecule has 0 bridgehead atoms. The third-order valence-corrected chi connectivity index (χ3v) is 6.21. The fourth-order valence-corrected chi connectivity index (χ4v) is 4.54. The highest BCUT2D eigenvalue weighted by atomic mass is 79.9. The topological polar surface area (TPSA) is 85.1 Å². The number of halogens is 1. The van der Waals surface area contributed by atoms with Gasteiger partial charge in [0.15, 0.2) is 6.33 Å². The largest absolute Gasteiger partial charge is 0.340 e. The van der Waals surface area contributed by atoms with Crippen LogP contribution in [0.25, 0.3) is 0 Å². The second-order valence-corrected chi connectivity index (χ2v) is 7.87. The SMILES string of the molecule is Cc1cc(S(=O)(=O)NCCc2ncno2)sc1Br. The van der Waals surface area contributed by atoms with Gasteiger partial charge in [-0.25, -0.2) is 13.1 Å². The van der Waals surface area contributed by atoms with Gasteiger partial charge in [0.2, 0.25) is 15.9 Å². The molecule has 2 aromatic rings. The van der Waals surface area contributed by atoms with E-state index in [4.69, 9.17) is 4.52 Å². The maximum absolute atomic E-state index is 11.9. The van der Waals surface area contributed by atoms with E-state index in [-0.39, 0.29) is 10.8 Å². The van der Waals surface area contributed by atoms with Gasteiger partial charge in [0.25, 0.3) is 0 Å². The summed E-state index contributed by atoms with van der Waals surface area (Å²) in [5.41, 5.74) is 0.900. The second-order valence-electron chi connectivity index (χ2n) is 3.50. The highest BCUT2D eigenvalue weighted by molar-refractivity contribution is 9.11. The van der Waals surface area contributed by atoms with Crippen LogP contribution >= 0.6 is 27.3 Å². The fraction of sp³-hybridized carbons (Fsp3) is 0.333. The summed E-state index contributed by atoms with van der Waals surface area (Å²) in [5.74, 6) is 0.404. The van der Waals surface area contributed by atoms with Gasteiger partial charge in [0.05, 0.1) is 3.79 Å².